The lowest BCUT2D eigenvalue weighted by atomic mass is 10.1. The Bertz CT molecular complexity index is 714. The molecule has 23 heavy (non-hydrogen) atoms. The van der Waals surface area contributed by atoms with Gasteiger partial charge in [0.2, 0.25) is 0 Å². The second kappa shape index (κ2) is 7.60. The molecule has 6 heteroatoms. The fourth-order valence-electron chi connectivity index (χ4n) is 3.10. The summed E-state index contributed by atoms with van der Waals surface area (Å²) in [5, 5.41) is 5.44. The van der Waals surface area contributed by atoms with Gasteiger partial charge in [-0.25, -0.2) is 4.68 Å². The summed E-state index contributed by atoms with van der Waals surface area (Å²) < 4.78 is 4.61. The van der Waals surface area contributed by atoms with E-state index >= 15 is 0 Å². The van der Waals surface area contributed by atoms with Crippen LogP contribution in [0.3, 0.4) is 0 Å². The lowest BCUT2D eigenvalue weighted by Gasteiger charge is -2.23. The molecule has 1 aliphatic heterocycles. The van der Waals surface area contributed by atoms with E-state index in [1.165, 1.54) is 32.1 Å². The lowest BCUT2D eigenvalue weighted by molar-refractivity contribution is 0.188. The van der Waals surface area contributed by atoms with Crippen LogP contribution >= 0.6 is 23.8 Å². The second-order valence-corrected chi connectivity index (χ2v) is 6.94. The van der Waals surface area contributed by atoms with E-state index in [1.807, 2.05) is 40.6 Å². The van der Waals surface area contributed by atoms with E-state index in [-0.39, 0.29) is 0 Å². The monoisotopic (exact) mass is 350 g/mol. The van der Waals surface area contributed by atoms with E-state index in [1.54, 1.807) is 0 Å². The van der Waals surface area contributed by atoms with Crippen LogP contribution in [-0.2, 0) is 13.7 Å². The first-order valence-electron chi connectivity index (χ1n) is 8.28. The summed E-state index contributed by atoms with van der Waals surface area (Å²) >= 11 is 11.9. The molecule has 1 aromatic carbocycles. The molecule has 0 aliphatic carbocycles. The molecule has 0 radical (unpaired) electrons. The van der Waals surface area contributed by atoms with Crippen LogP contribution in [0.25, 0.3) is 11.4 Å². The maximum atomic E-state index is 6.32. The number of likely N-dealkylation sites (tertiary alicyclic amines) is 1. The van der Waals surface area contributed by atoms with Gasteiger partial charge in [0.25, 0.3) is 0 Å². The number of hydrogen-bond acceptors (Lipinski definition) is 3. The number of rotatable bonds is 3. The molecule has 1 aliphatic rings. The first-order valence-corrected chi connectivity index (χ1v) is 9.06. The van der Waals surface area contributed by atoms with Crippen molar-refractivity contribution in [3.63, 3.8) is 0 Å². The number of hydrogen-bond donors (Lipinski definition) is 0. The summed E-state index contributed by atoms with van der Waals surface area (Å²) in [6, 6.07) is 7.77. The van der Waals surface area contributed by atoms with E-state index in [9.17, 15) is 0 Å². The van der Waals surface area contributed by atoms with Crippen LogP contribution in [0.2, 0.25) is 5.02 Å². The molecule has 0 unspecified atom stereocenters. The van der Waals surface area contributed by atoms with Crippen molar-refractivity contribution in [2.75, 3.05) is 13.1 Å². The standard InChI is InChI=1S/C17H23ClN4S/c1-20-16(14-9-5-6-10-15(14)18)19-22(17(20)23)13-21-11-7-3-2-4-8-12-21/h5-6,9-10H,2-4,7-8,11-13H2,1H3. The molecule has 1 fully saturated rings. The normalized spacial score (nSPS) is 17.0. The molecule has 2 heterocycles. The highest BCUT2D eigenvalue weighted by Gasteiger charge is 2.15. The maximum absolute atomic E-state index is 6.32. The highest BCUT2D eigenvalue weighted by molar-refractivity contribution is 7.71. The van der Waals surface area contributed by atoms with Gasteiger partial charge < -0.3 is 4.57 Å². The average molecular weight is 351 g/mol. The third kappa shape index (κ3) is 3.84. The molecular weight excluding hydrogens is 328 g/mol. The molecule has 1 aromatic heterocycles. The zero-order valence-corrected chi connectivity index (χ0v) is 15.1. The smallest absolute Gasteiger partial charge is 0.199 e. The minimum absolute atomic E-state index is 0.703. The molecule has 3 rings (SSSR count). The Labute approximate surface area is 147 Å². The molecule has 0 atom stereocenters. The summed E-state index contributed by atoms with van der Waals surface area (Å²) in [6.45, 7) is 3.01. The van der Waals surface area contributed by atoms with E-state index in [4.69, 9.17) is 28.9 Å². The van der Waals surface area contributed by atoms with Gasteiger partial charge in [-0.2, -0.15) is 5.10 Å². The number of nitrogens with zero attached hydrogens (tertiary/aromatic N) is 4. The summed E-state index contributed by atoms with van der Waals surface area (Å²) in [6.07, 6.45) is 6.55. The topological polar surface area (TPSA) is 26.0 Å². The quantitative estimate of drug-likeness (QED) is 0.762. The maximum Gasteiger partial charge on any atom is 0.199 e. The predicted octanol–water partition coefficient (Wildman–Crippen LogP) is 4.50. The highest BCUT2D eigenvalue weighted by Crippen LogP contribution is 2.26. The lowest BCUT2D eigenvalue weighted by Crippen LogP contribution is -2.30. The van der Waals surface area contributed by atoms with Gasteiger partial charge in [-0.05, 0) is 50.3 Å². The third-order valence-corrected chi connectivity index (χ3v) is 5.25. The minimum atomic E-state index is 0.703. The van der Waals surface area contributed by atoms with Crippen molar-refractivity contribution < 1.29 is 0 Å². The van der Waals surface area contributed by atoms with Crippen LogP contribution in [0.15, 0.2) is 24.3 Å². The minimum Gasteiger partial charge on any atom is -0.303 e. The van der Waals surface area contributed by atoms with Crippen molar-refractivity contribution in [1.29, 1.82) is 0 Å². The van der Waals surface area contributed by atoms with Gasteiger partial charge in [-0.1, -0.05) is 43.0 Å². The van der Waals surface area contributed by atoms with E-state index in [0.717, 1.165) is 35.9 Å². The largest absolute Gasteiger partial charge is 0.303 e. The Kier molecular flexibility index (Phi) is 5.51. The predicted molar refractivity (Wildman–Crippen MR) is 97.1 cm³/mol. The molecule has 0 spiro atoms. The second-order valence-electron chi connectivity index (χ2n) is 6.17. The Morgan fingerprint density at radius 3 is 2.43 bits per heavy atom. The van der Waals surface area contributed by atoms with Gasteiger partial charge in [-0.3, -0.25) is 4.90 Å². The Hall–Kier alpha value is -1.17. The summed E-state index contributed by atoms with van der Waals surface area (Å²) in [5.41, 5.74) is 0.925. The van der Waals surface area contributed by atoms with E-state index < -0.39 is 0 Å². The van der Waals surface area contributed by atoms with Crippen LogP contribution in [0, 0.1) is 4.77 Å². The summed E-state index contributed by atoms with van der Waals surface area (Å²) in [5.74, 6) is 0.827. The molecule has 2 aromatic rings. The van der Waals surface area contributed by atoms with Gasteiger partial charge in [-0.15, -0.1) is 0 Å². The number of benzene rings is 1. The summed E-state index contributed by atoms with van der Waals surface area (Å²) in [4.78, 5) is 2.46. The highest BCUT2D eigenvalue weighted by atomic mass is 35.5. The Balaban J connectivity index is 1.85. The average Bonchev–Trinajstić information content (AvgIpc) is 2.79. The van der Waals surface area contributed by atoms with Crippen molar-refractivity contribution in [1.82, 2.24) is 19.2 Å². The van der Waals surface area contributed by atoms with Crippen LogP contribution in [0.1, 0.15) is 32.1 Å². The van der Waals surface area contributed by atoms with Crippen LogP contribution in [-0.4, -0.2) is 32.3 Å². The number of halogens is 1. The molecule has 0 bridgehead atoms. The molecule has 124 valence electrons. The molecule has 0 N–H and O–H groups in total. The van der Waals surface area contributed by atoms with Gasteiger partial charge >= 0.3 is 0 Å². The molecule has 0 amide bonds. The molecule has 1 saturated heterocycles. The fourth-order valence-corrected chi connectivity index (χ4v) is 3.51. The van der Waals surface area contributed by atoms with Crippen LogP contribution < -0.4 is 0 Å². The van der Waals surface area contributed by atoms with Crippen molar-refractivity contribution in [3.05, 3.63) is 34.1 Å². The third-order valence-electron chi connectivity index (χ3n) is 4.44. The molecule has 0 saturated carbocycles. The van der Waals surface area contributed by atoms with Gasteiger partial charge in [0.15, 0.2) is 10.6 Å². The fraction of sp³-hybridized carbons (Fsp3) is 0.529. The molecular formula is C17H23ClN4S. The van der Waals surface area contributed by atoms with Crippen molar-refractivity contribution in [2.24, 2.45) is 7.05 Å². The summed E-state index contributed by atoms with van der Waals surface area (Å²) in [7, 11) is 1.96. The van der Waals surface area contributed by atoms with Gasteiger partial charge in [0, 0.05) is 12.6 Å². The van der Waals surface area contributed by atoms with Gasteiger partial charge in [0.05, 0.1) is 11.7 Å². The SMILES string of the molecule is Cn1c(-c2ccccc2Cl)nn(CN2CCCCCCC2)c1=S. The van der Waals surface area contributed by atoms with E-state index in [0.29, 0.717) is 5.02 Å². The van der Waals surface area contributed by atoms with Crippen LogP contribution in [0.5, 0.6) is 0 Å². The van der Waals surface area contributed by atoms with Crippen LogP contribution in [0.4, 0.5) is 0 Å². The first-order chi connectivity index (χ1) is 11.2. The zero-order valence-electron chi connectivity index (χ0n) is 13.5. The Morgan fingerprint density at radius 1 is 1.09 bits per heavy atom. The first kappa shape index (κ1) is 16.7. The molecule has 4 nitrogen and oxygen atoms in total. The van der Waals surface area contributed by atoms with Crippen molar-refractivity contribution in [3.8, 4) is 11.4 Å². The number of aromatic nitrogens is 3. The Morgan fingerprint density at radius 2 is 1.74 bits per heavy atom. The van der Waals surface area contributed by atoms with E-state index in [2.05, 4.69) is 4.90 Å². The van der Waals surface area contributed by atoms with Crippen molar-refractivity contribution in [2.45, 2.75) is 38.8 Å². The van der Waals surface area contributed by atoms with Crippen molar-refractivity contribution >= 4 is 23.8 Å². The van der Waals surface area contributed by atoms with Gasteiger partial charge in [0.1, 0.15) is 0 Å². The zero-order chi connectivity index (χ0) is 16.2.